The lowest BCUT2D eigenvalue weighted by Crippen LogP contribution is -2.10. The van der Waals surface area contributed by atoms with Crippen molar-refractivity contribution in [2.75, 3.05) is 4.90 Å². The van der Waals surface area contributed by atoms with Gasteiger partial charge in [0, 0.05) is 43.3 Å². The molecule has 0 N–H and O–H groups in total. The molecule has 2 nitrogen and oxygen atoms in total. The summed E-state index contributed by atoms with van der Waals surface area (Å²) in [6.45, 7) is 0. The quantitative estimate of drug-likeness (QED) is 0.206. The number of fused-ring (bicyclic) bond motifs is 8. The van der Waals surface area contributed by atoms with Gasteiger partial charge in [-0.05, 0) is 65.4 Å². The van der Waals surface area contributed by atoms with Gasteiger partial charge in [-0.2, -0.15) is 0 Å². The molecule has 9 aromatic rings. The van der Waals surface area contributed by atoms with Crippen LogP contribution in [-0.2, 0) is 0 Å². The summed E-state index contributed by atoms with van der Waals surface area (Å²) in [5, 5.41) is 7.58. The summed E-state index contributed by atoms with van der Waals surface area (Å²) in [5.74, 6) is 0. The molecule has 2 aromatic heterocycles. The summed E-state index contributed by atoms with van der Waals surface area (Å²) in [7, 11) is 0. The number of rotatable bonds is 4. The van der Waals surface area contributed by atoms with E-state index in [1.54, 1.807) is 0 Å². The molecular weight excluding hydrogens is 541 g/mol. The Morgan fingerprint density at radius 1 is 0.488 bits per heavy atom. The Morgan fingerprint density at radius 3 is 2.00 bits per heavy atom. The summed E-state index contributed by atoms with van der Waals surface area (Å²) in [6, 6.07) is 57.1. The minimum atomic E-state index is 1.14. The van der Waals surface area contributed by atoms with E-state index in [2.05, 4.69) is 167 Å². The zero-order valence-electron chi connectivity index (χ0n) is 23.3. The second kappa shape index (κ2) is 9.59. The molecule has 0 unspecified atom stereocenters. The van der Waals surface area contributed by atoms with Gasteiger partial charge < -0.3 is 9.47 Å². The van der Waals surface area contributed by atoms with Crippen LogP contribution in [0.3, 0.4) is 0 Å². The third kappa shape index (κ3) is 3.72. The topological polar surface area (TPSA) is 8.17 Å². The van der Waals surface area contributed by atoms with Gasteiger partial charge in [0.2, 0.25) is 0 Å². The van der Waals surface area contributed by atoms with Crippen LogP contribution >= 0.6 is 11.3 Å². The molecule has 0 aliphatic carbocycles. The number of nitrogens with zero attached hydrogens (tertiary/aromatic N) is 2. The van der Waals surface area contributed by atoms with Gasteiger partial charge in [-0.15, -0.1) is 11.3 Å². The Morgan fingerprint density at radius 2 is 1.16 bits per heavy atom. The lowest BCUT2D eigenvalue weighted by molar-refractivity contribution is 1.19. The van der Waals surface area contributed by atoms with Crippen LogP contribution in [0.25, 0.3) is 58.4 Å². The number of anilines is 3. The largest absolute Gasteiger partial charge is 0.309 e. The van der Waals surface area contributed by atoms with Crippen molar-refractivity contribution in [3.05, 3.63) is 158 Å². The molecular formula is C40H26N2S. The average molecular weight is 567 g/mol. The van der Waals surface area contributed by atoms with Gasteiger partial charge in [0.15, 0.2) is 0 Å². The molecule has 0 aliphatic rings. The van der Waals surface area contributed by atoms with Crippen LogP contribution in [0.2, 0.25) is 0 Å². The molecule has 0 amide bonds. The van der Waals surface area contributed by atoms with E-state index in [-0.39, 0.29) is 0 Å². The molecule has 0 radical (unpaired) electrons. The number of aromatic nitrogens is 1. The molecule has 43 heavy (non-hydrogen) atoms. The van der Waals surface area contributed by atoms with E-state index in [1.165, 1.54) is 64.1 Å². The third-order valence-corrected chi connectivity index (χ3v) is 9.71. The first-order chi connectivity index (χ1) is 21.3. The number of benzene rings is 7. The Hall–Kier alpha value is -5.38. The first kappa shape index (κ1) is 24.2. The van der Waals surface area contributed by atoms with E-state index in [9.17, 15) is 0 Å². The predicted octanol–water partition coefficient (Wildman–Crippen LogP) is 11.8. The van der Waals surface area contributed by atoms with E-state index < -0.39 is 0 Å². The van der Waals surface area contributed by atoms with E-state index in [0.717, 1.165) is 11.4 Å². The van der Waals surface area contributed by atoms with Crippen molar-refractivity contribution in [2.24, 2.45) is 0 Å². The Bertz CT molecular complexity index is 2450. The van der Waals surface area contributed by atoms with Crippen molar-refractivity contribution in [2.45, 2.75) is 0 Å². The minimum absolute atomic E-state index is 1.14. The highest BCUT2D eigenvalue weighted by molar-refractivity contribution is 7.26. The Balaban J connectivity index is 1.47. The molecule has 3 heteroatoms. The molecule has 0 spiro atoms. The molecule has 0 bridgehead atoms. The second-order valence-corrected chi connectivity index (χ2v) is 12.0. The highest BCUT2D eigenvalue weighted by Crippen LogP contribution is 2.50. The van der Waals surface area contributed by atoms with Gasteiger partial charge in [0.05, 0.1) is 21.4 Å². The number of para-hydroxylation sites is 3. The zero-order valence-corrected chi connectivity index (χ0v) is 24.1. The minimum Gasteiger partial charge on any atom is -0.309 e. The molecule has 9 rings (SSSR count). The molecule has 0 aliphatic heterocycles. The second-order valence-electron chi connectivity index (χ2n) is 11.0. The Labute approximate surface area is 253 Å². The molecule has 7 aromatic carbocycles. The molecule has 2 heterocycles. The summed E-state index contributed by atoms with van der Waals surface area (Å²) in [4.78, 5) is 2.44. The maximum atomic E-state index is 2.46. The van der Waals surface area contributed by atoms with Crippen molar-refractivity contribution >= 4 is 81.1 Å². The van der Waals surface area contributed by atoms with Crippen molar-refractivity contribution in [3.63, 3.8) is 0 Å². The van der Waals surface area contributed by atoms with E-state index >= 15 is 0 Å². The van der Waals surface area contributed by atoms with Crippen molar-refractivity contribution < 1.29 is 0 Å². The van der Waals surface area contributed by atoms with Crippen molar-refractivity contribution in [3.8, 4) is 5.69 Å². The summed E-state index contributed by atoms with van der Waals surface area (Å²) >= 11 is 1.88. The highest BCUT2D eigenvalue weighted by atomic mass is 32.1. The van der Waals surface area contributed by atoms with Gasteiger partial charge in [0.1, 0.15) is 0 Å². The van der Waals surface area contributed by atoms with Crippen LogP contribution in [0.1, 0.15) is 0 Å². The number of hydrogen-bond acceptors (Lipinski definition) is 2. The first-order valence-electron chi connectivity index (χ1n) is 14.6. The molecule has 202 valence electrons. The van der Waals surface area contributed by atoms with Crippen LogP contribution in [0.15, 0.2) is 158 Å². The fourth-order valence-corrected chi connectivity index (χ4v) is 7.86. The van der Waals surface area contributed by atoms with Gasteiger partial charge in [-0.25, -0.2) is 0 Å². The normalized spacial score (nSPS) is 11.7. The number of thiophene rings is 1. The van der Waals surface area contributed by atoms with Gasteiger partial charge in [-0.3, -0.25) is 0 Å². The molecule has 0 atom stereocenters. The van der Waals surface area contributed by atoms with Crippen LogP contribution in [0.5, 0.6) is 0 Å². The zero-order chi connectivity index (χ0) is 28.3. The smallest absolute Gasteiger partial charge is 0.0648 e. The molecule has 0 saturated heterocycles. The highest BCUT2D eigenvalue weighted by Gasteiger charge is 2.24. The predicted molar refractivity (Wildman–Crippen MR) is 186 cm³/mol. The SMILES string of the molecule is c1ccc(N(c2ccc3ccccc3c2)c2cc3c4ccccc4n(-c4ccccc4)c3c3c2sc2ccccc23)cc1. The summed E-state index contributed by atoms with van der Waals surface area (Å²) < 4.78 is 5.03. The van der Waals surface area contributed by atoms with Crippen molar-refractivity contribution in [1.29, 1.82) is 0 Å². The summed E-state index contributed by atoms with van der Waals surface area (Å²) in [6.07, 6.45) is 0. The van der Waals surface area contributed by atoms with Gasteiger partial charge >= 0.3 is 0 Å². The van der Waals surface area contributed by atoms with E-state index in [4.69, 9.17) is 0 Å². The third-order valence-electron chi connectivity index (χ3n) is 8.52. The van der Waals surface area contributed by atoms with Crippen LogP contribution in [-0.4, -0.2) is 4.57 Å². The lowest BCUT2D eigenvalue weighted by atomic mass is 10.0. The van der Waals surface area contributed by atoms with Crippen LogP contribution in [0.4, 0.5) is 17.1 Å². The Kier molecular flexibility index (Phi) is 5.40. The fraction of sp³-hybridized carbons (Fsp3) is 0. The van der Waals surface area contributed by atoms with Crippen LogP contribution < -0.4 is 4.90 Å². The standard InChI is InChI=1S/C40H26N2S/c1-3-15-29(16-4-1)41(31-24-23-27-13-7-8-14-28(27)25-31)36-26-34-32-19-9-11-21-35(32)42(30-17-5-2-6-18-30)39(34)38-33-20-10-12-22-37(33)43-40(36)38/h1-26H. The monoisotopic (exact) mass is 566 g/mol. The number of hydrogen-bond donors (Lipinski definition) is 0. The maximum Gasteiger partial charge on any atom is 0.0648 e. The van der Waals surface area contributed by atoms with Gasteiger partial charge in [-0.1, -0.05) is 103 Å². The maximum absolute atomic E-state index is 2.46. The average Bonchev–Trinajstić information content (AvgIpc) is 3.62. The van der Waals surface area contributed by atoms with E-state index in [0.29, 0.717) is 0 Å². The van der Waals surface area contributed by atoms with Gasteiger partial charge in [0.25, 0.3) is 0 Å². The molecule has 0 fully saturated rings. The van der Waals surface area contributed by atoms with Crippen molar-refractivity contribution in [1.82, 2.24) is 4.57 Å². The van der Waals surface area contributed by atoms with Crippen LogP contribution in [0, 0.1) is 0 Å². The molecule has 0 saturated carbocycles. The summed E-state index contributed by atoms with van der Waals surface area (Å²) in [5.41, 5.74) is 7.13. The van der Waals surface area contributed by atoms with E-state index in [1.807, 2.05) is 11.3 Å². The first-order valence-corrected chi connectivity index (χ1v) is 15.4. The fourth-order valence-electron chi connectivity index (χ4n) is 6.65. The lowest BCUT2D eigenvalue weighted by Gasteiger charge is -2.27.